The average molecular weight is 429 g/mol. The number of pyridine rings is 1. The Balaban J connectivity index is 1.59. The van der Waals surface area contributed by atoms with Crippen LogP contribution < -0.4 is 11.1 Å². The van der Waals surface area contributed by atoms with Crippen molar-refractivity contribution in [2.24, 2.45) is 0 Å². The molecule has 0 aliphatic carbocycles. The lowest BCUT2D eigenvalue weighted by Crippen LogP contribution is -2.23. The van der Waals surface area contributed by atoms with Gasteiger partial charge < -0.3 is 0 Å². The largest absolute Gasteiger partial charge is 0.294 e. The Morgan fingerprint density at radius 1 is 1.12 bits per heavy atom. The van der Waals surface area contributed by atoms with E-state index in [0.29, 0.717) is 11.3 Å². The molecule has 11 nitrogen and oxygen atoms in total. The minimum atomic E-state index is -0.518. The number of aryl methyl sites for hydroxylation is 1. The van der Waals surface area contributed by atoms with Crippen molar-refractivity contribution in [1.29, 1.82) is 0 Å². The lowest BCUT2D eigenvalue weighted by atomic mass is 10.2. The predicted molar refractivity (Wildman–Crippen MR) is 115 cm³/mol. The summed E-state index contributed by atoms with van der Waals surface area (Å²) in [6, 6.07) is 11.0. The molecule has 0 saturated heterocycles. The van der Waals surface area contributed by atoms with Gasteiger partial charge in [0, 0.05) is 18.3 Å². The average Bonchev–Trinajstić information content (AvgIpc) is 3.20. The van der Waals surface area contributed by atoms with Crippen LogP contribution in [0.4, 0.5) is 5.69 Å². The summed E-state index contributed by atoms with van der Waals surface area (Å²) in [6.07, 6.45) is 4.29. The maximum atomic E-state index is 13.0. The van der Waals surface area contributed by atoms with E-state index in [1.807, 2.05) is 13.0 Å². The molecule has 0 atom stereocenters. The van der Waals surface area contributed by atoms with Crippen molar-refractivity contribution in [3.05, 3.63) is 103 Å². The van der Waals surface area contributed by atoms with Gasteiger partial charge in [0.05, 0.1) is 23.4 Å². The van der Waals surface area contributed by atoms with Crippen molar-refractivity contribution in [3.63, 3.8) is 0 Å². The molecule has 0 N–H and O–H groups in total. The first kappa shape index (κ1) is 19.3. The van der Waals surface area contributed by atoms with E-state index in [4.69, 9.17) is 0 Å². The van der Waals surface area contributed by atoms with E-state index in [1.54, 1.807) is 24.4 Å². The highest BCUT2D eigenvalue weighted by atomic mass is 16.6. The standard InChI is InChI=1S/C21H15N7O4/c1-13-6-7-26-18(8-13)24-14(9-19(26)29)11-25-12-22-20-15(21(25)30)10-23-27(20)16-4-2-3-5-17(16)28(31)32/h2-10,12H,11H2,1H3. The Kier molecular flexibility index (Phi) is 4.36. The molecule has 11 heteroatoms. The van der Waals surface area contributed by atoms with Crippen LogP contribution in [0.2, 0.25) is 0 Å². The third kappa shape index (κ3) is 3.12. The number of hydrogen-bond donors (Lipinski definition) is 0. The van der Waals surface area contributed by atoms with Gasteiger partial charge in [-0.3, -0.25) is 28.7 Å². The zero-order chi connectivity index (χ0) is 22.4. The monoisotopic (exact) mass is 429 g/mol. The fraction of sp³-hybridized carbons (Fsp3) is 0.0952. The first-order valence-corrected chi connectivity index (χ1v) is 9.58. The van der Waals surface area contributed by atoms with E-state index in [9.17, 15) is 19.7 Å². The highest BCUT2D eigenvalue weighted by molar-refractivity contribution is 5.76. The topological polar surface area (TPSA) is 130 Å². The van der Waals surface area contributed by atoms with Crippen molar-refractivity contribution in [1.82, 2.24) is 28.7 Å². The Hall–Kier alpha value is -4.67. The molecule has 1 aromatic carbocycles. The third-order valence-corrected chi connectivity index (χ3v) is 5.07. The van der Waals surface area contributed by atoms with Gasteiger partial charge in [0.15, 0.2) is 5.65 Å². The molecule has 32 heavy (non-hydrogen) atoms. The molecule has 0 unspecified atom stereocenters. The first-order valence-electron chi connectivity index (χ1n) is 9.58. The quantitative estimate of drug-likeness (QED) is 0.315. The van der Waals surface area contributed by atoms with Crippen LogP contribution in [0.5, 0.6) is 0 Å². The van der Waals surface area contributed by atoms with Crippen LogP contribution in [-0.4, -0.2) is 33.6 Å². The highest BCUT2D eigenvalue weighted by Gasteiger charge is 2.19. The number of rotatable bonds is 4. The maximum absolute atomic E-state index is 13.0. The number of fused-ring (bicyclic) bond motifs is 2. The molecule has 0 aliphatic rings. The first-order chi connectivity index (χ1) is 15.4. The minimum Gasteiger partial charge on any atom is -0.292 e. The SMILES string of the molecule is Cc1ccn2c(=O)cc(Cn3cnc4c(cnn4-c4ccccc4[N+](=O)[O-])c3=O)nc2c1. The van der Waals surface area contributed by atoms with Crippen LogP contribution in [0.3, 0.4) is 0 Å². The molecule has 4 aromatic heterocycles. The molecular weight excluding hydrogens is 414 g/mol. The fourth-order valence-corrected chi connectivity index (χ4v) is 3.54. The van der Waals surface area contributed by atoms with Crippen LogP contribution in [0.1, 0.15) is 11.3 Å². The Morgan fingerprint density at radius 2 is 1.94 bits per heavy atom. The van der Waals surface area contributed by atoms with Crippen molar-refractivity contribution < 1.29 is 4.92 Å². The number of benzene rings is 1. The van der Waals surface area contributed by atoms with Gasteiger partial charge in [-0.1, -0.05) is 12.1 Å². The molecular formula is C21H15N7O4. The Morgan fingerprint density at radius 3 is 2.75 bits per heavy atom. The summed E-state index contributed by atoms with van der Waals surface area (Å²) in [7, 11) is 0. The van der Waals surface area contributed by atoms with Gasteiger partial charge in [-0.15, -0.1) is 0 Å². The summed E-state index contributed by atoms with van der Waals surface area (Å²) in [5.41, 5.74) is 1.45. The molecule has 5 aromatic rings. The highest BCUT2D eigenvalue weighted by Crippen LogP contribution is 2.23. The van der Waals surface area contributed by atoms with E-state index in [1.165, 1.54) is 44.4 Å². The smallest absolute Gasteiger partial charge is 0.292 e. The van der Waals surface area contributed by atoms with E-state index in [0.717, 1.165) is 5.56 Å². The molecule has 0 aliphatic heterocycles. The van der Waals surface area contributed by atoms with Gasteiger partial charge in [-0.25, -0.2) is 14.6 Å². The number of hydrogen-bond acceptors (Lipinski definition) is 7. The van der Waals surface area contributed by atoms with Crippen LogP contribution in [0.15, 0.2) is 70.8 Å². The maximum Gasteiger partial charge on any atom is 0.294 e. The lowest BCUT2D eigenvalue weighted by Gasteiger charge is -2.08. The number of nitro benzene ring substituents is 1. The van der Waals surface area contributed by atoms with Crippen molar-refractivity contribution >= 4 is 22.4 Å². The van der Waals surface area contributed by atoms with Gasteiger partial charge in [-0.05, 0) is 30.7 Å². The third-order valence-electron chi connectivity index (χ3n) is 5.07. The second-order valence-electron chi connectivity index (χ2n) is 7.24. The number of nitro groups is 1. The summed E-state index contributed by atoms with van der Waals surface area (Å²) >= 11 is 0. The molecule has 0 fully saturated rings. The molecule has 0 saturated carbocycles. The van der Waals surface area contributed by atoms with Crippen LogP contribution in [0, 0.1) is 17.0 Å². The summed E-state index contributed by atoms with van der Waals surface area (Å²) < 4.78 is 4.02. The van der Waals surface area contributed by atoms with E-state index >= 15 is 0 Å². The van der Waals surface area contributed by atoms with Crippen molar-refractivity contribution in [2.75, 3.05) is 0 Å². The van der Waals surface area contributed by atoms with E-state index in [2.05, 4.69) is 15.1 Å². The second-order valence-corrected chi connectivity index (χ2v) is 7.24. The summed E-state index contributed by atoms with van der Waals surface area (Å²) in [6.45, 7) is 1.94. The number of nitrogens with zero attached hydrogens (tertiary/aromatic N) is 7. The molecule has 0 amide bonds. The normalized spacial score (nSPS) is 11.3. The van der Waals surface area contributed by atoms with Gasteiger partial charge in [0.1, 0.15) is 23.0 Å². The zero-order valence-corrected chi connectivity index (χ0v) is 16.7. The molecule has 158 valence electrons. The molecule has 5 rings (SSSR count). The van der Waals surface area contributed by atoms with Crippen LogP contribution in [-0.2, 0) is 6.54 Å². The molecule has 0 spiro atoms. The van der Waals surface area contributed by atoms with Crippen LogP contribution >= 0.6 is 0 Å². The summed E-state index contributed by atoms with van der Waals surface area (Å²) in [4.78, 5) is 45.0. The minimum absolute atomic E-state index is 0.0398. The number of para-hydroxylation sites is 2. The Bertz CT molecular complexity index is 1650. The van der Waals surface area contributed by atoms with Gasteiger partial charge in [0.2, 0.25) is 0 Å². The number of aromatic nitrogens is 6. The Labute approximate surface area is 179 Å². The second kappa shape index (κ2) is 7.23. The fourth-order valence-electron chi connectivity index (χ4n) is 3.54. The zero-order valence-electron chi connectivity index (χ0n) is 16.7. The van der Waals surface area contributed by atoms with E-state index in [-0.39, 0.29) is 34.5 Å². The van der Waals surface area contributed by atoms with E-state index < -0.39 is 10.5 Å². The molecule has 4 heterocycles. The molecule has 0 bridgehead atoms. The van der Waals surface area contributed by atoms with Gasteiger partial charge in [0.25, 0.3) is 16.8 Å². The van der Waals surface area contributed by atoms with Crippen molar-refractivity contribution in [2.45, 2.75) is 13.5 Å². The van der Waals surface area contributed by atoms with Crippen LogP contribution in [0.25, 0.3) is 22.4 Å². The van der Waals surface area contributed by atoms with Crippen molar-refractivity contribution in [3.8, 4) is 5.69 Å². The lowest BCUT2D eigenvalue weighted by molar-refractivity contribution is -0.384. The summed E-state index contributed by atoms with van der Waals surface area (Å²) in [5.74, 6) is 0. The molecule has 0 radical (unpaired) electrons. The summed E-state index contributed by atoms with van der Waals surface area (Å²) in [5, 5.41) is 15.7. The predicted octanol–water partition coefficient (Wildman–Crippen LogP) is 1.86. The van der Waals surface area contributed by atoms with Gasteiger partial charge >= 0.3 is 0 Å². The van der Waals surface area contributed by atoms with Gasteiger partial charge in [-0.2, -0.15) is 5.10 Å².